The van der Waals surface area contributed by atoms with Gasteiger partial charge in [-0.2, -0.15) is 0 Å². The molecule has 0 saturated carbocycles. The Hall–Kier alpha value is -5.43. The maximum absolute atomic E-state index is 14.3. The number of amides is 1. The third-order valence-electron chi connectivity index (χ3n) is 7.20. The van der Waals surface area contributed by atoms with Crippen molar-refractivity contribution in [1.82, 2.24) is 19.9 Å². The van der Waals surface area contributed by atoms with Crippen molar-refractivity contribution in [3.8, 4) is 43.9 Å². The van der Waals surface area contributed by atoms with Crippen molar-refractivity contribution in [2.45, 2.75) is 0 Å². The van der Waals surface area contributed by atoms with Gasteiger partial charge < -0.3 is 25.4 Å². The molecule has 0 unspecified atom stereocenters. The number of nitrogens with one attached hydrogen (secondary N) is 2. The van der Waals surface area contributed by atoms with Gasteiger partial charge in [-0.1, -0.05) is 29.8 Å². The Bertz CT molecular complexity index is 2110. The van der Waals surface area contributed by atoms with Gasteiger partial charge in [0.05, 0.1) is 21.3 Å². The number of anilines is 3. The number of nitrogens with zero attached hydrogens (tertiary/aromatic N) is 4. The quantitative estimate of drug-likeness (QED) is 0.124. The van der Waals surface area contributed by atoms with E-state index in [-0.39, 0.29) is 5.75 Å². The average molecular weight is 699 g/mol. The number of thiazole rings is 1. The molecule has 0 aliphatic heterocycles. The smallest absolute Gasteiger partial charge is 0.261 e. The minimum Gasteiger partial charge on any atom is -0.508 e. The number of phenols is 1. The lowest BCUT2D eigenvalue weighted by Crippen LogP contribution is -2.19. The summed E-state index contributed by atoms with van der Waals surface area (Å²) in [7, 11) is 3.93. The number of likely N-dealkylation sites (N-methyl/N-ethyl adjacent to an activating group) is 1. The lowest BCUT2D eigenvalue weighted by atomic mass is 10.1. The van der Waals surface area contributed by atoms with E-state index in [2.05, 4.69) is 15.6 Å². The number of carbonyl (C=O) groups excluding carboxylic acids is 1. The van der Waals surface area contributed by atoms with Gasteiger partial charge in [-0.25, -0.2) is 23.7 Å². The molecule has 0 saturated heterocycles. The van der Waals surface area contributed by atoms with Crippen LogP contribution in [0, 0.1) is 11.6 Å². The Labute approximate surface area is 289 Å². The van der Waals surface area contributed by atoms with E-state index in [1.165, 1.54) is 17.4 Å². The summed E-state index contributed by atoms with van der Waals surface area (Å²) in [5.74, 6) is -1.85. The summed E-state index contributed by atoms with van der Waals surface area (Å²) >= 11 is 7.86. The highest BCUT2D eigenvalue weighted by Gasteiger charge is 2.20. The second kappa shape index (κ2) is 14.8. The largest absolute Gasteiger partial charge is 0.508 e. The van der Waals surface area contributed by atoms with Crippen LogP contribution < -0.4 is 15.4 Å². The first-order chi connectivity index (χ1) is 23.6. The van der Waals surface area contributed by atoms with Crippen LogP contribution in [0.2, 0.25) is 5.02 Å². The third kappa shape index (κ3) is 8.00. The molecule has 9 nitrogen and oxygen atoms in total. The molecule has 6 rings (SSSR count). The number of hydrogen-bond acceptors (Lipinski definition) is 9. The van der Waals surface area contributed by atoms with Crippen molar-refractivity contribution in [2.24, 2.45) is 0 Å². The van der Waals surface area contributed by atoms with Gasteiger partial charge in [0.15, 0.2) is 0 Å². The summed E-state index contributed by atoms with van der Waals surface area (Å²) in [6, 6.07) is 23.8. The molecule has 0 bridgehead atoms. The van der Waals surface area contributed by atoms with Crippen LogP contribution in [-0.2, 0) is 0 Å². The van der Waals surface area contributed by atoms with Crippen LogP contribution in [0.1, 0.15) is 10.4 Å². The molecule has 0 aliphatic rings. The zero-order valence-electron chi connectivity index (χ0n) is 26.2. The molecule has 0 fully saturated rings. The highest BCUT2D eigenvalue weighted by molar-refractivity contribution is 7.18. The Morgan fingerprint density at radius 1 is 0.918 bits per heavy atom. The summed E-state index contributed by atoms with van der Waals surface area (Å²) in [6.45, 7) is 1.24. The second-order valence-corrected chi connectivity index (χ2v) is 12.5. The van der Waals surface area contributed by atoms with Gasteiger partial charge in [0.2, 0.25) is 5.95 Å². The van der Waals surface area contributed by atoms with Gasteiger partial charge in [-0.3, -0.25) is 4.79 Å². The second-order valence-electron chi connectivity index (χ2n) is 11.1. The first kappa shape index (κ1) is 33.5. The number of rotatable bonds is 11. The van der Waals surface area contributed by atoms with Crippen LogP contribution in [-0.4, -0.2) is 58.1 Å². The highest BCUT2D eigenvalue weighted by Crippen LogP contribution is 2.41. The highest BCUT2D eigenvalue weighted by atomic mass is 35.5. The molecule has 13 heteroatoms. The average Bonchev–Trinajstić information content (AvgIpc) is 3.52. The van der Waals surface area contributed by atoms with E-state index in [9.17, 15) is 18.7 Å². The van der Waals surface area contributed by atoms with Crippen LogP contribution in [0.15, 0.2) is 97.2 Å². The minimum atomic E-state index is -0.964. The molecule has 0 atom stereocenters. The van der Waals surface area contributed by atoms with Gasteiger partial charge >= 0.3 is 0 Å². The maximum Gasteiger partial charge on any atom is 0.261 e. The molecule has 6 aromatic rings. The van der Waals surface area contributed by atoms with E-state index in [0.29, 0.717) is 61.5 Å². The fraction of sp³-hybridized carbons (Fsp3) is 0.111. The number of ether oxygens (including phenoxy) is 1. The predicted octanol–water partition coefficient (Wildman–Crippen LogP) is 8.51. The number of benzene rings is 4. The van der Waals surface area contributed by atoms with Crippen molar-refractivity contribution in [3.05, 3.63) is 119 Å². The van der Waals surface area contributed by atoms with E-state index in [0.717, 1.165) is 24.2 Å². The van der Waals surface area contributed by atoms with Gasteiger partial charge in [0.1, 0.15) is 40.3 Å². The van der Waals surface area contributed by atoms with Crippen LogP contribution in [0.25, 0.3) is 32.4 Å². The number of aromatic hydroxyl groups is 1. The number of carbonyl (C=O) groups is 1. The molecule has 49 heavy (non-hydrogen) atoms. The monoisotopic (exact) mass is 698 g/mol. The van der Waals surface area contributed by atoms with Crippen LogP contribution >= 0.6 is 22.9 Å². The van der Waals surface area contributed by atoms with Gasteiger partial charge in [-0.15, -0.1) is 11.3 Å². The number of phenolic OH excluding ortho intramolecular Hbond substituents is 1. The molecule has 248 valence electrons. The fourth-order valence-corrected chi connectivity index (χ4v) is 6.08. The lowest BCUT2D eigenvalue weighted by Gasteiger charge is -2.13. The molecule has 0 radical (unpaired) electrons. The van der Waals surface area contributed by atoms with Crippen molar-refractivity contribution in [2.75, 3.05) is 37.9 Å². The molecule has 2 heterocycles. The number of hydrogen-bond donors (Lipinski definition) is 3. The number of aromatic nitrogens is 3. The Morgan fingerprint density at radius 3 is 2.41 bits per heavy atom. The van der Waals surface area contributed by atoms with Crippen molar-refractivity contribution < 1.29 is 23.4 Å². The topological polar surface area (TPSA) is 113 Å². The third-order valence-corrected chi connectivity index (χ3v) is 8.62. The summed E-state index contributed by atoms with van der Waals surface area (Å²) in [5.41, 5.74) is 2.79. The maximum atomic E-state index is 14.3. The van der Waals surface area contributed by atoms with E-state index in [4.69, 9.17) is 26.3 Å². The standard InChI is InChI=1S/C36H29ClF2N6O3S/c1-45(2)17-18-48-30-14-11-24(20-26(30)37)42-36-40-16-15-29(43-36)33-32(44-35(49-33)21-9-12-25(46)13-10-21)22-5-3-6-23(19-22)41-34(47)31-27(38)7-4-8-28(31)39/h3-16,19-20,46H,17-18H2,1-2H3,(H,41,47)(H,40,42,43). The van der Waals surface area contributed by atoms with Crippen LogP contribution in [0.3, 0.4) is 0 Å². The van der Waals surface area contributed by atoms with Crippen LogP contribution in [0.5, 0.6) is 11.5 Å². The van der Waals surface area contributed by atoms with Crippen LogP contribution in [0.4, 0.5) is 26.1 Å². The molecular formula is C36H29ClF2N6O3S. The summed E-state index contributed by atoms with van der Waals surface area (Å²) in [6.07, 6.45) is 1.62. The van der Waals surface area contributed by atoms with Crippen molar-refractivity contribution >= 4 is 46.2 Å². The molecule has 4 aromatic carbocycles. The predicted molar refractivity (Wildman–Crippen MR) is 189 cm³/mol. The molecule has 3 N–H and O–H groups in total. The minimum absolute atomic E-state index is 0.121. The lowest BCUT2D eigenvalue weighted by molar-refractivity contribution is 0.101. The molecule has 2 aromatic heterocycles. The Morgan fingerprint density at radius 2 is 1.67 bits per heavy atom. The summed E-state index contributed by atoms with van der Waals surface area (Å²) < 4.78 is 34.4. The molecule has 0 aliphatic carbocycles. The fourth-order valence-electron chi connectivity index (χ4n) is 4.78. The van der Waals surface area contributed by atoms with E-state index in [1.807, 2.05) is 31.1 Å². The molecule has 1 amide bonds. The van der Waals surface area contributed by atoms with E-state index >= 15 is 0 Å². The van der Waals surface area contributed by atoms with Gasteiger partial charge in [-0.05, 0) is 86.9 Å². The molecule has 0 spiro atoms. The first-order valence-corrected chi connectivity index (χ1v) is 16.2. The summed E-state index contributed by atoms with van der Waals surface area (Å²) in [5, 5.41) is 16.7. The zero-order chi connectivity index (χ0) is 34.5. The van der Waals surface area contributed by atoms with Gasteiger partial charge in [0.25, 0.3) is 5.91 Å². The van der Waals surface area contributed by atoms with E-state index in [1.54, 1.807) is 66.9 Å². The van der Waals surface area contributed by atoms with Crippen molar-refractivity contribution in [3.63, 3.8) is 0 Å². The van der Waals surface area contributed by atoms with Crippen molar-refractivity contribution in [1.29, 1.82) is 0 Å². The Balaban J connectivity index is 1.32. The van der Waals surface area contributed by atoms with E-state index < -0.39 is 23.1 Å². The number of halogens is 3. The van der Waals surface area contributed by atoms with Gasteiger partial charge in [0, 0.05) is 35.2 Å². The zero-order valence-corrected chi connectivity index (χ0v) is 27.8. The Kier molecular flexibility index (Phi) is 10.1. The molecular weight excluding hydrogens is 670 g/mol. The SMILES string of the molecule is CN(C)CCOc1ccc(Nc2nccc(-c3sc(-c4ccc(O)cc4)nc3-c3cccc(NC(=O)c4c(F)cccc4F)c3)n2)cc1Cl. The first-order valence-electron chi connectivity index (χ1n) is 15.0. The normalized spacial score (nSPS) is 11.1. The summed E-state index contributed by atoms with van der Waals surface area (Å²) in [4.78, 5) is 29.6.